The van der Waals surface area contributed by atoms with Crippen molar-refractivity contribution in [1.82, 2.24) is 5.32 Å². The van der Waals surface area contributed by atoms with Gasteiger partial charge >= 0.3 is 0 Å². The fraction of sp³-hybridized carbons (Fsp3) is 0.929. The third kappa shape index (κ3) is 2.49. The number of carbonyl (C=O) groups excluding carboxylic acids is 1. The average molecular weight is 239 g/mol. The molecule has 2 saturated carbocycles. The van der Waals surface area contributed by atoms with E-state index < -0.39 is 5.60 Å². The van der Waals surface area contributed by atoms with Crippen LogP contribution < -0.4 is 5.32 Å². The molecule has 17 heavy (non-hydrogen) atoms. The molecular weight excluding hydrogens is 214 g/mol. The third-order valence-corrected chi connectivity index (χ3v) is 5.00. The molecule has 0 heterocycles. The van der Waals surface area contributed by atoms with Gasteiger partial charge in [-0.25, -0.2) is 0 Å². The summed E-state index contributed by atoms with van der Waals surface area (Å²) in [6.07, 6.45) is 4.68. The Kier molecular flexibility index (Phi) is 3.48. The van der Waals surface area contributed by atoms with Crippen LogP contribution in [0.4, 0.5) is 0 Å². The summed E-state index contributed by atoms with van der Waals surface area (Å²) >= 11 is 0. The molecule has 0 aromatic rings. The first kappa shape index (κ1) is 12.9. The molecule has 1 amide bonds. The van der Waals surface area contributed by atoms with Crippen LogP contribution in [0.5, 0.6) is 0 Å². The lowest BCUT2D eigenvalue weighted by Gasteiger charge is -2.29. The van der Waals surface area contributed by atoms with Gasteiger partial charge in [-0.2, -0.15) is 0 Å². The molecular formula is C14H25NO2. The molecule has 98 valence electrons. The van der Waals surface area contributed by atoms with Gasteiger partial charge in [-0.15, -0.1) is 0 Å². The van der Waals surface area contributed by atoms with Gasteiger partial charge in [0.25, 0.3) is 0 Å². The van der Waals surface area contributed by atoms with Crippen molar-refractivity contribution < 1.29 is 9.90 Å². The lowest BCUT2D eigenvalue weighted by molar-refractivity contribution is -0.124. The molecule has 3 heteroatoms. The molecule has 0 saturated heterocycles. The molecule has 0 aliphatic heterocycles. The van der Waals surface area contributed by atoms with Crippen LogP contribution in [0.3, 0.4) is 0 Å². The summed E-state index contributed by atoms with van der Waals surface area (Å²) in [5.74, 6) is 1.95. The van der Waals surface area contributed by atoms with Crippen LogP contribution in [-0.2, 0) is 4.79 Å². The van der Waals surface area contributed by atoms with Gasteiger partial charge in [0.1, 0.15) is 0 Å². The quantitative estimate of drug-likeness (QED) is 0.770. The van der Waals surface area contributed by atoms with Crippen molar-refractivity contribution in [1.29, 1.82) is 0 Å². The summed E-state index contributed by atoms with van der Waals surface area (Å²) in [4.78, 5) is 12.0. The minimum atomic E-state index is -0.783. The van der Waals surface area contributed by atoms with Crippen molar-refractivity contribution in [3.8, 4) is 0 Å². The zero-order valence-corrected chi connectivity index (χ0v) is 11.2. The van der Waals surface area contributed by atoms with Crippen molar-refractivity contribution in [3.05, 3.63) is 0 Å². The van der Waals surface area contributed by atoms with Crippen LogP contribution in [0.25, 0.3) is 0 Å². The van der Waals surface area contributed by atoms with Gasteiger partial charge < -0.3 is 10.4 Å². The topological polar surface area (TPSA) is 49.3 Å². The van der Waals surface area contributed by atoms with Gasteiger partial charge in [0, 0.05) is 12.5 Å². The van der Waals surface area contributed by atoms with Crippen LogP contribution in [0.2, 0.25) is 0 Å². The van der Waals surface area contributed by atoms with Gasteiger partial charge in [0.05, 0.1) is 5.60 Å². The SMILES string of the molecule is CCC(C)C(C)(O)CNC(=O)C1C2CCCC21. The van der Waals surface area contributed by atoms with Crippen LogP contribution in [-0.4, -0.2) is 23.2 Å². The van der Waals surface area contributed by atoms with E-state index in [0.29, 0.717) is 18.4 Å². The minimum Gasteiger partial charge on any atom is -0.388 e. The molecule has 2 aliphatic carbocycles. The number of aliphatic hydroxyl groups is 1. The highest BCUT2D eigenvalue weighted by atomic mass is 16.3. The smallest absolute Gasteiger partial charge is 0.223 e. The summed E-state index contributed by atoms with van der Waals surface area (Å²) in [6.45, 7) is 6.29. The highest BCUT2D eigenvalue weighted by Crippen LogP contribution is 2.57. The number of nitrogens with one attached hydrogen (secondary N) is 1. The Bertz CT molecular complexity index is 291. The van der Waals surface area contributed by atoms with Crippen LogP contribution >= 0.6 is 0 Å². The summed E-state index contributed by atoms with van der Waals surface area (Å²) in [5, 5.41) is 13.2. The molecule has 2 rings (SSSR count). The Labute approximate surface area is 104 Å². The zero-order valence-electron chi connectivity index (χ0n) is 11.2. The van der Waals surface area contributed by atoms with Crippen molar-refractivity contribution in [2.75, 3.05) is 6.54 Å². The second-order valence-electron chi connectivity index (χ2n) is 6.17. The predicted molar refractivity (Wildman–Crippen MR) is 67.4 cm³/mol. The van der Waals surface area contributed by atoms with Crippen LogP contribution in [0.1, 0.15) is 46.5 Å². The van der Waals surface area contributed by atoms with Crippen molar-refractivity contribution in [2.45, 2.75) is 52.1 Å². The van der Waals surface area contributed by atoms with Gasteiger partial charge in [-0.1, -0.05) is 26.7 Å². The van der Waals surface area contributed by atoms with Crippen molar-refractivity contribution >= 4 is 5.91 Å². The number of amides is 1. The standard InChI is InChI=1S/C14H25NO2/c1-4-9(2)14(3,17)8-15-13(16)12-10-6-5-7-11(10)12/h9-12,17H,4-8H2,1-3H3,(H,15,16). The summed E-state index contributed by atoms with van der Waals surface area (Å²) < 4.78 is 0. The fourth-order valence-corrected chi connectivity index (χ4v) is 3.21. The lowest BCUT2D eigenvalue weighted by Crippen LogP contribution is -2.45. The first-order chi connectivity index (χ1) is 7.97. The van der Waals surface area contributed by atoms with Crippen molar-refractivity contribution in [3.63, 3.8) is 0 Å². The molecule has 0 bridgehead atoms. The minimum absolute atomic E-state index is 0.170. The summed E-state index contributed by atoms with van der Waals surface area (Å²) in [6, 6.07) is 0. The normalized spacial score (nSPS) is 35.9. The molecule has 4 unspecified atom stereocenters. The maximum absolute atomic E-state index is 12.0. The molecule has 4 atom stereocenters. The van der Waals surface area contributed by atoms with E-state index in [0.717, 1.165) is 6.42 Å². The first-order valence-electron chi connectivity index (χ1n) is 6.97. The van der Waals surface area contributed by atoms with Crippen molar-refractivity contribution in [2.24, 2.45) is 23.7 Å². The monoisotopic (exact) mass is 239 g/mol. The Hall–Kier alpha value is -0.570. The number of hydrogen-bond donors (Lipinski definition) is 2. The molecule has 0 aromatic carbocycles. The molecule has 2 N–H and O–H groups in total. The molecule has 3 nitrogen and oxygen atoms in total. The molecule has 2 aliphatic rings. The largest absolute Gasteiger partial charge is 0.388 e. The van der Waals surface area contributed by atoms with Gasteiger partial charge in [-0.05, 0) is 37.5 Å². The number of hydrogen-bond acceptors (Lipinski definition) is 2. The zero-order chi connectivity index (χ0) is 12.6. The summed E-state index contributed by atoms with van der Waals surface area (Å²) in [5.41, 5.74) is -0.783. The number of rotatable bonds is 5. The van der Waals surface area contributed by atoms with E-state index >= 15 is 0 Å². The Morgan fingerprint density at radius 3 is 2.59 bits per heavy atom. The Balaban J connectivity index is 1.77. The maximum atomic E-state index is 12.0. The molecule has 0 spiro atoms. The van der Waals surface area contributed by atoms with Gasteiger partial charge in [-0.3, -0.25) is 4.79 Å². The van der Waals surface area contributed by atoms with E-state index in [2.05, 4.69) is 12.2 Å². The predicted octanol–water partition coefficient (Wildman–Crippen LogP) is 1.95. The Morgan fingerprint density at radius 1 is 1.47 bits per heavy atom. The highest BCUT2D eigenvalue weighted by molar-refractivity contribution is 5.82. The molecule has 2 fully saturated rings. The van der Waals surface area contributed by atoms with E-state index in [4.69, 9.17) is 0 Å². The second-order valence-corrected chi connectivity index (χ2v) is 6.17. The third-order valence-electron chi connectivity index (χ3n) is 5.00. The Morgan fingerprint density at radius 2 is 2.06 bits per heavy atom. The highest BCUT2D eigenvalue weighted by Gasteiger charge is 2.56. The van der Waals surface area contributed by atoms with Gasteiger partial charge in [0.2, 0.25) is 5.91 Å². The van der Waals surface area contributed by atoms with Crippen LogP contribution in [0, 0.1) is 23.7 Å². The fourth-order valence-electron chi connectivity index (χ4n) is 3.21. The molecule has 0 aromatic heterocycles. The number of carbonyl (C=O) groups is 1. The van der Waals surface area contributed by atoms with E-state index in [-0.39, 0.29) is 17.7 Å². The lowest BCUT2D eigenvalue weighted by atomic mass is 9.88. The second kappa shape index (κ2) is 4.60. The van der Waals surface area contributed by atoms with E-state index in [1.807, 2.05) is 13.8 Å². The number of fused-ring (bicyclic) bond motifs is 1. The maximum Gasteiger partial charge on any atom is 0.223 e. The average Bonchev–Trinajstić information content (AvgIpc) is 2.78. The van der Waals surface area contributed by atoms with Crippen LogP contribution in [0.15, 0.2) is 0 Å². The molecule has 0 radical (unpaired) electrons. The first-order valence-corrected chi connectivity index (χ1v) is 6.97. The summed E-state index contributed by atoms with van der Waals surface area (Å²) in [7, 11) is 0. The van der Waals surface area contributed by atoms with E-state index in [9.17, 15) is 9.90 Å². The van der Waals surface area contributed by atoms with E-state index in [1.165, 1.54) is 19.3 Å². The van der Waals surface area contributed by atoms with E-state index in [1.54, 1.807) is 0 Å². The van der Waals surface area contributed by atoms with Gasteiger partial charge in [0.15, 0.2) is 0 Å².